The summed E-state index contributed by atoms with van der Waals surface area (Å²) in [6.45, 7) is 7.69. The van der Waals surface area contributed by atoms with E-state index in [9.17, 15) is 9.90 Å². The lowest BCUT2D eigenvalue weighted by atomic mass is 10.1. The van der Waals surface area contributed by atoms with Gasteiger partial charge in [0.2, 0.25) is 5.91 Å². The van der Waals surface area contributed by atoms with Crippen LogP contribution in [0.25, 0.3) is 0 Å². The van der Waals surface area contributed by atoms with E-state index in [1.807, 2.05) is 26.8 Å². The Balaban J connectivity index is 2.71. The first-order valence-corrected chi connectivity index (χ1v) is 6.77. The first kappa shape index (κ1) is 15.5. The highest BCUT2D eigenvalue weighted by atomic mass is 16.5. The van der Waals surface area contributed by atoms with Gasteiger partial charge in [0.05, 0.1) is 5.69 Å². The maximum atomic E-state index is 12.2. The molecule has 0 aliphatic rings. The molecule has 4 heteroatoms. The number of nitrogens with zero attached hydrogens (tertiary/aromatic N) is 1. The average molecular weight is 265 g/mol. The molecule has 1 amide bonds. The number of aromatic hydroxyl groups is 1. The lowest BCUT2D eigenvalue weighted by molar-refractivity contribution is -0.118. The summed E-state index contributed by atoms with van der Waals surface area (Å²) in [7, 11) is 0. The van der Waals surface area contributed by atoms with E-state index in [4.69, 9.17) is 4.74 Å². The van der Waals surface area contributed by atoms with E-state index in [2.05, 4.69) is 0 Å². The van der Waals surface area contributed by atoms with Gasteiger partial charge in [-0.05, 0) is 38.8 Å². The maximum absolute atomic E-state index is 12.2. The summed E-state index contributed by atoms with van der Waals surface area (Å²) in [5.74, 6) is 0.247. The summed E-state index contributed by atoms with van der Waals surface area (Å²) in [5, 5.41) is 9.55. The molecular weight excluding hydrogens is 242 g/mol. The molecule has 0 aliphatic heterocycles. The number of phenolic OH excluding ortho intramolecular Hbond substituents is 1. The molecule has 0 aromatic heterocycles. The Labute approximate surface area is 115 Å². The molecule has 0 heterocycles. The van der Waals surface area contributed by atoms with Gasteiger partial charge in [-0.25, -0.2) is 0 Å². The summed E-state index contributed by atoms with van der Waals surface area (Å²) in [6.07, 6.45) is 1.18. The molecule has 106 valence electrons. The molecule has 0 saturated carbocycles. The monoisotopic (exact) mass is 265 g/mol. The minimum absolute atomic E-state index is 0.0657. The van der Waals surface area contributed by atoms with Crippen LogP contribution >= 0.6 is 0 Å². The Morgan fingerprint density at radius 1 is 1.37 bits per heavy atom. The molecule has 0 saturated heterocycles. The standard InChI is InChI=1S/C15H23NO3/c1-4-16(15(18)7-6-10-19-5-2)14-11-13(17)9-8-12(14)3/h8-9,11,17H,4-7,10H2,1-3H3. The fourth-order valence-corrected chi connectivity index (χ4v) is 1.97. The van der Waals surface area contributed by atoms with Crippen LogP contribution in [0, 0.1) is 6.92 Å². The number of rotatable bonds is 7. The highest BCUT2D eigenvalue weighted by Gasteiger charge is 2.15. The Morgan fingerprint density at radius 2 is 2.11 bits per heavy atom. The zero-order valence-electron chi connectivity index (χ0n) is 12.0. The SMILES string of the molecule is CCOCCCC(=O)N(CC)c1cc(O)ccc1C. The van der Waals surface area contributed by atoms with Gasteiger partial charge >= 0.3 is 0 Å². The van der Waals surface area contributed by atoms with E-state index < -0.39 is 0 Å². The van der Waals surface area contributed by atoms with Crippen molar-refractivity contribution in [2.24, 2.45) is 0 Å². The van der Waals surface area contributed by atoms with E-state index >= 15 is 0 Å². The molecule has 0 bridgehead atoms. The third-order valence-corrected chi connectivity index (χ3v) is 2.98. The number of aryl methyl sites for hydroxylation is 1. The van der Waals surface area contributed by atoms with Crippen molar-refractivity contribution in [3.8, 4) is 5.75 Å². The van der Waals surface area contributed by atoms with Gasteiger partial charge in [0, 0.05) is 32.2 Å². The Kier molecular flexibility index (Phi) is 6.36. The van der Waals surface area contributed by atoms with Crippen LogP contribution in [0.5, 0.6) is 5.75 Å². The number of carbonyl (C=O) groups is 1. The second-order valence-electron chi connectivity index (χ2n) is 4.41. The number of hydrogen-bond acceptors (Lipinski definition) is 3. The van der Waals surface area contributed by atoms with E-state index in [0.717, 1.165) is 17.7 Å². The molecule has 0 radical (unpaired) electrons. The van der Waals surface area contributed by atoms with Crippen molar-refractivity contribution in [3.05, 3.63) is 23.8 Å². The zero-order valence-corrected chi connectivity index (χ0v) is 12.0. The Bertz CT molecular complexity index is 418. The van der Waals surface area contributed by atoms with Gasteiger partial charge < -0.3 is 14.7 Å². The first-order chi connectivity index (χ1) is 9.10. The van der Waals surface area contributed by atoms with Crippen LogP contribution in [-0.2, 0) is 9.53 Å². The minimum atomic E-state index is 0.0657. The highest BCUT2D eigenvalue weighted by molar-refractivity contribution is 5.94. The molecule has 0 unspecified atom stereocenters. The van der Waals surface area contributed by atoms with Crippen molar-refractivity contribution in [2.45, 2.75) is 33.6 Å². The molecule has 1 rings (SSSR count). The Hall–Kier alpha value is -1.55. The highest BCUT2D eigenvalue weighted by Crippen LogP contribution is 2.25. The van der Waals surface area contributed by atoms with Crippen LogP contribution in [0.3, 0.4) is 0 Å². The van der Waals surface area contributed by atoms with E-state index in [0.29, 0.717) is 26.2 Å². The normalized spacial score (nSPS) is 10.5. The first-order valence-electron chi connectivity index (χ1n) is 6.77. The van der Waals surface area contributed by atoms with Crippen LogP contribution in [0.2, 0.25) is 0 Å². The quantitative estimate of drug-likeness (QED) is 0.771. The molecular formula is C15H23NO3. The molecule has 4 nitrogen and oxygen atoms in total. The van der Waals surface area contributed by atoms with Crippen molar-refractivity contribution in [3.63, 3.8) is 0 Å². The van der Waals surface area contributed by atoms with Gasteiger partial charge in [0.15, 0.2) is 0 Å². The summed E-state index contributed by atoms with van der Waals surface area (Å²) in [5.41, 5.74) is 1.77. The number of benzene rings is 1. The summed E-state index contributed by atoms with van der Waals surface area (Å²) in [6, 6.07) is 5.09. The number of amides is 1. The second kappa shape index (κ2) is 7.79. The fourth-order valence-electron chi connectivity index (χ4n) is 1.97. The van der Waals surface area contributed by atoms with Crippen LogP contribution in [0.4, 0.5) is 5.69 Å². The average Bonchev–Trinajstić information content (AvgIpc) is 2.39. The predicted octanol–water partition coefficient (Wildman–Crippen LogP) is 2.87. The Morgan fingerprint density at radius 3 is 2.74 bits per heavy atom. The number of anilines is 1. The van der Waals surface area contributed by atoms with E-state index in [1.165, 1.54) is 0 Å². The number of phenols is 1. The lowest BCUT2D eigenvalue weighted by Gasteiger charge is -2.23. The van der Waals surface area contributed by atoms with Crippen LogP contribution < -0.4 is 4.90 Å². The molecule has 1 N–H and O–H groups in total. The predicted molar refractivity (Wildman–Crippen MR) is 76.6 cm³/mol. The zero-order chi connectivity index (χ0) is 14.3. The van der Waals surface area contributed by atoms with Crippen LogP contribution in [0.1, 0.15) is 32.3 Å². The third-order valence-electron chi connectivity index (χ3n) is 2.98. The smallest absolute Gasteiger partial charge is 0.227 e. The number of carbonyl (C=O) groups excluding carboxylic acids is 1. The molecule has 0 fully saturated rings. The van der Waals surface area contributed by atoms with Crippen molar-refractivity contribution in [1.82, 2.24) is 0 Å². The summed E-state index contributed by atoms with van der Waals surface area (Å²) >= 11 is 0. The van der Waals surface area contributed by atoms with E-state index in [-0.39, 0.29) is 11.7 Å². The van der Waals surface area contributed by atoms with Gasteiger partial charge in [-0.3, -0.25) is 4.79 Å². The molecule has 19 heavy (non-hydrogen) atoms. The van der Waals surface area contributed by atoms with Gasteiger partial charge in [-0.2, -0.15) is 0 Å². The van der Waals surface area contributed by atoms with Crippen molar-refractivity contribution < 1.29 is 14.6 Å². The molecule has 1 aromatic rings. The largest absolute Gasteiger partial charge is 0.508 e. The molecule has 0 atom stereocenters. The summed E-state index contributed by atoms with van der Waals surface area (Å²) in [4.78, 5) is 13.9. The van der Waals surface area contributed by atoms with Gasteiger partial charge in [-0.15, -0.1) is 0 Å². The second-order valence-corrected chi connectivity index (χ2v) is 4.41. The maximum Gasteiger partial charge on any atom is 0.227 e. The van der Waals surface area contributed by atoms with Crippen LogP contribution in [0.15, 0.2) is 18.2 Å². The molecule has 0 spiro atoms. The number of ether oxygens (including phenoxy) is 1. The van der Waals surface area contributed by atoms with Gasteiger partial charge in [-0.1, -0.05) is 6.07 Å². The molecule has 0 aliphatic carbocycles. The topological polar surface area (TPSA) is 49.8 Å². The minimum Gasteiger partial charge on any atom is -0.508 e. The summed E-state index contributed by atoms with van der Waals surface area (Å²) < 4.78 is 5.24. The lowest BCUT2D eigenvalue weighted by Crippen LogP contribution is -2.31. The van der Waals surface area contributed by atoms with Crippen molar-refractivity contribution in [1.29, 1.82) is 0 Å². The molecule has 1 aromatic carbocycles. The van der Waals surface area contributed by atoms with Crippen LogP contribution in [-0.4, -0.2) is 30.8 Å². The van der Waals surface area contributed by atoms with Crippen molar-refractivity contribution >= 4 is 11.6 Å². The fraction of sp³-hybridized carbons (Fsp3) is 0.533. The number of hydrogen-bond donors (Lipinski definition) is 1. The third kappa shape index (κ3) is 4.56. The van der Waals surface area contributed by atoms with Gasteiger partial charge in [0.25, 0.3) is 0 Å². The van der Waals surface area contributed by atoms with Gasteiger partial charge in [0.1, 0.15) is 5.75 Å². The van der Waals surface area contributed by atoms with Crippen molar-refractivity contribution in [2.75, 3.05) is 24.7 Å². The van der Waals surface area contributed by atoms with E-state index in [1.54, 1.807) is 17.0 Å².